The lowest BCUT2D eigenvalue weighted by Gasteiger charge is -2.02. The summed E-state index contributed by atoms with van der Waals surface area (Å²) in [4.78, 5) is 11.7. The molecule has 2 aromatic rings. The second kappa shape index (κ2) is 4.72. The molecule has 1 heterocycles. The molecular weight excluding hydrogens is 283 g/mol. The third-order valence-corrected chi connectivity index (χ3v) is 3.43. The van der Waals surface area contributed by atoms with Crippen LogP contribution in [0.1, 0.15) is 21.5 Å². The summed E-state index contributed by atoms with van der Waals surface area (Å²) in [5.74, 6) is 0.164. The zero-order chi connectivity index (χ0) is 13.4. The molecule has 0 amide bonds. The molecule has 0 spiro atoms. The van der Waals surface area contributed by atoms with Gasteiger partial charge >= 0.3 is 5.97 Å². The molecule has 19 heavy (non-hydrogen) atoms. The monoisotopic (exact) mass is 290 g/mol. The highest BCUT2D eigenvalue weighted by molar-refractivity contribution is 6.35. The van der Waals surface area contributed by atoms with Crippen molar-refractivity contribution in [2.45, 2.75) is 0 Å². The van der Waals surface area contributed by atoms with E-state index in [-0.39, 0.29) is 5.97 Å². The Morgan fingerprint density at radius 2 is 1.74 bits per heavy atom. The van der Waals surface area contributed by atoms with Crippen molar-refractivity contribution in [2.75, 3.05) is 0 Å². The lowest BCUT2D eigenvalue weighted by Crippen LogP contribution is -1.92. The molecule has 0 N–H and O–H groups in total. The van der Waals surface area contributed by atoms with Crippen LogP contribution in [-0.4, -0.2) is 5.97 Å². The Balaban J connectivity index is 2.09. The lowest BCUT2D eigenvalue weighted by atomic mass is 10.1. The van der Waals surface area contributed by atoms with Gasteiger partial charge in [-0.05, 0) is 29.8 Å². The standard InChI is InChI=1S/C15H8Cl2O2/c16-10-6-5-9(13(17)8-10)7-14-11-3-1-2-4-12(11)15(18)19-14/h1-8H/b14-7-. The van der Waals surface area contributed by atoms with Gasteiger partial charge in [-0.25, -0.2) is 4.79 Å². The number of carbonyl (C=O) groups excluding carboxylic acids is 1. The van der Waals surface area contributed by atoms with E-state index in [1.807, 2.05) is 12.1 Å². The van der Waals surface area contributed by atoms with Gasteiger partial charge in [0, 0.05) is 15.6 Å². The number of carbonyl (C=O) groups is 1. The minimum Gasteiger partial charge on any atom is -0.422 e. The van der Waals surface area contributed by atoms with Gasteiger partial charge in [-0.3, -0.25) is 0 Å². The molecule has 0 fully saturated rings. The molecule has 0 aliphatic carbocycles. The van der Waals surface area contributed by atoms with Gasteiger partial charge in [-0.1, -0.05) is 47.5 Å². The zero-order valence-corrected chi connectivity index (χ0v) is 11.2. The number of esters is 1. The van der Waals surface area contributed by atoms with E-state index in [2.05, 4.69) is 0 Å². The Bertz CT molecular complexity index is 705. The largest absolute Gasteiger partial charge is 0.422 e. The summed E-state index contributed by atoms with van der Waals surface area (Å²) in [6.45, 7) is 0. The molecule has 2 nitrogen and oxygen atoms in total. The van der Waals surface area contributed by atoms with Crippen LogP contribution in [0.3, 0.4) is 0 Å². The molecule has 0 unspecified atom stereocenters. The van der Waals surface area contributed by atoms with Gasteiger partial charge in [-0.2, -0.15) is 0 Å². The molecule has 0 saturated heterocycles. The van der Waals surface area contributed by atoms with Crippen molar-refractivity contribution < 1.29 is 9.53 Å². The van der Waals surface area contributed by atoms with Crippen LogP contribution in [-0.2, 0) is 4.74 Å². The van der Waals surface area contributed by atoms with Crippen LogP contribution in [0.15, 0.2) is 42.5 Å². The molecule has 0 aromatic heterocycles. The van der Waals surface area contributed by atoms with Crippen molar-refractivity contribution in [1.29, 1.82) is 0 Å². The first-order valence-corrected chi connectivity index (χ1v) is 6.39. The van der Waals surface area contributed by atoms with Crippen LogP contribution in [0.2, 0.25) is 10.0 Å². The summed E-state index contributed by atoms with van der Waals surface area (Å²) in [6, 6.07) is 12.4. The lowest BCUT2D eigenvalue weighted by molar-refractivity contribution is 0.0717. The van der Waals surface area contributed by atoms with Crippen LogP contribution >= 0.6 is 23.2 Å². The molecule has 0 radical (unpaired) electrons. The number of benzene rings is 2. The average molecular weight is 291 g/mol. The van der Waals surface area contributed by atoms with Crippen LogP contribution in [0.4, 0.5) is 0 Å². The molecule has 4 heteroatoms. The van der Waals surface area contributed by atoms with Crippen LogP contribution in [0, 0.1) is 0 Å². The third-order valence-electron chi connectivity index (χ3n) is 2.86. The number of fused-ring (bicyclic) bond motifs is 1. The summed E-state index contributed by atoms with van der Waals surface area (Å²) in [6.07, 6.45) is 1.74. The topological polar surface area (TPSA) is 26.3 Å². The maximum atomic E-state index is 11.7. The van der Waals surface area contributed by atoms with Crippen molar-refractivity contribution in [2.24, 2.45) is 0 Å². The first kappa shape index (κ1) is 12.3. The normalized spacial score (nSPS) is 15.5. The fourth-order valence-corrected chi connectivity index (χ4v) is 2.42. The smallest absolute Gasteiger partial charge is 0.344 e. The predicted octanol–water partition coefficient (Wildman–Crippen LogP) is 4.66. The van der Waals surface area contributed by atoms with Crippen LogP contribution in [0.5, 0.6) is 0 Å². The molecule has 2 aromatic carbocycles. The second-order valence-electron chi connectivity index (χ2n) is 4.11. The van der Waals surface area contributed by atoms with Gasteiger partial charge in [0.15, 0.2) is 0 Å². The summed E-state index contributed by atoms with van der Waals surface area (Å²) in [7, 11) is 0. The maximum Gasteiger partial charge on any atom is 0.344 e. The van der Waals surface area contributed by atoms with E-state index >= 15 is 0 Å². The van der Waals surface area contributed by atoms with Crippen LogP contribution < -0.4 is 0 Å². The Labute approximate surface area is 120 Å². The summed E-state index contributed by atoms with van der Waals surface area (Å²) < 4.78 is 5.25. The first-order valence-electron chi connectivity index (χ1n) is 5.63. The average Bonchev–Trinajstić information content (AvgIpc) is 2.71. The van der Waals surface area contributed by atoms with Gasteiger partial charge in [0.05, 0.1) is 5.56 Å². The quantitative estimate of drug-likeness (QED) is 0.714. The van der Waals surface area contributed by atoms with Crippen molar-refractivity contribution >= 4 is 41.0 Å². The fourth-order valence-electron chi connectivity index (χ4n) is 1.95. The molecule has 0 saturated carbocycles. The van der Waals surface area contributed by atoms with Gasteiger partial charge in [0.25, 0.3) is 0 Å². The minimum atomic E-state index is -0.341. The van der Waals surface area contributed by atoms with Crippen molar-refractivity contribution in [1.82, 2.24) is 0 Å². The van der Waals surface area contributed by atoms with E-state index in [9.17, 15) is 4.79 Å². The molecule has 94 valence electrons. The molecule has 1 aliphatic heterocycles. The van der Waals surface area contributed by atoms with Gasteiger partial charge in [0.2, 0.25) is 0 Å². The fraction of sp³-hybridized carbons (Fsp3) is 0. The first-order chi connectivity index (χ1) is 9.15. The Kier molecular flexibility index (Phi) is 3.05. The molecule has 3 rings (SSSR count). The molecular formula is C15H8Cl2O2. The SMILES string of the molecule is O=C1O/C(=C\c2ccc(Cl)cc2Cl)c2ccccc21. The second-order valence-corrected chi connectivity index (χ2v) is 4.95. The molecule has 0 atom stereocenters. The maximum absolute atomic E-state index is 11.7. The number of ether oxygens (including phenoxy) is 1. The number of hydrogen-bond donors (Lipinski definition) is 0. The van der Waals surface area contributed by atoms with E-state index < -0.39 is 0 Å². The highest BCUT2D eigenvalue weighted by Crippen LogP contribution is 2.32. The summed E-state index contributed by atoms with van der Waals surface area (Å²) in [5, 5.41) is 1.08. The van der Waals surface area contributed by atoms with Gasteiger partial charge in [0.1, 0.15) is 5.76 Å². The Morgan fingerprint density at radius 1 is 1.00 bits per heavy atom. The molecule has 0 bridgehead atoms. The molecule has 1 aliphatic rings. The predicted molar refractivity (Wildman–Crippen MR) is 76.2 cm³/mol. The minimum absolute atomic E-state index is 0.341. The van der Waals surface area contributed by atoms with E-state index in [0.717, 1.165) is 11.1 Å². The van der Waals surface area contributed by atoms with Gasteiger partial charge < -0.3 is 4.74 Å². The van der Waals surface area contributed by atoms with E-state index in [4.69, 9.17) is 27.9 Å². The number of rotatable bonds is 1. The summed E-state index contributed by atoms with van der Waals surface area (Å²) in [5.41, 5.74) is 2.10. The Morgan fingerprint density at radius 3 is 2.47 bits per heavy atom. The summed E-state index contributed by atoms with van der Waals surface area (Å²) >= 11 is 11.9. The highest BCUT2D eigenvalue weighted by atomic mass is 35.5. The zero-order valence-electron chi connectivity index (χ0n) is 9.69. The number of halogens is 2. The van der Waals surface area contributed by atoms with Crippen LogP contribution in [0.25, 0.3) is 11.8 Å². The van der Waals surface area contributed by atoms with Crippen molar-refractivity contribution in [3.8, 4) is 0 Å². The van der Waals surface area contributed by atoms with E-state index in [1.54, 1.807) is 36.4 Å². The van der Waals surface area contributed by atoms with Crippen molar-refractivity contribution in [3.63, 3.8) is 0 Å². The van der Waals surface area contributed by atoms with Gasteiger partial charge in [-0.15, -0.1) is 0 Å². The highest BCUT2D eigenvalue weighted by Gasteiger charge is 2.25. The Hall–Kier alpha value is -1.77. The number of cyclic esters (lactones) is 1. The number of hydrogen-bond acceptors (Lipinski definition) is 2. The third kappa shape index (κ3) is 2.25. The van der Waals surface area contributed by atoms with E-state index in [1.165, 1.54) is 0 Å². The van der Waals surface area contributed by atoms with Crippen molar-refractivity contribution in [3.05, 3.63) is 69.2 Å². The van der Waals surface area contributed by atoms with E-state index in [0.29, 0.717) is 21.4 Å².